The van der Waals surface area contributed by atoms with Crippen molar-refractivity contribution in [3.8, 4) is 0 Å². The van der Waals surface area contributed by atoms with Crippen molar-refractivity contribution in [2.24, 2.45) is 17.4 Å². The molecule has 0 aliphatic carbocycles. The van der Waals surface area contributed by atoms with Crippen LogP contribution in [0.15, 0.2) is 0 Å². The van der Waals surface area contributed by atoms with E-state index in [1.807, 2.05) is 0 Å². The van der Waals surface area contributed by atoms with Crippen LogP contribution >= 0.6 is 0 Å². The number of nitrogens with zero attached hydrogens (tertiary/aromatic N) is 3. The lowest BCUT2D eigenvalue weighted by Gasteiger charge is -2.45. The number of rotatable bonds is 13. The van der Waals surface area contributed by atoms with Crippen LogP contribution in [0.2, 0.25) is 0 Å². The van der Waals surface area contributed by atoms with E-state index < -0.39 is 5.60 Å². The van der Waals surface area contributed by atoms with Crippen molar-refractivity contribution in [3.63, 3.8) is 0 Å². The van der Waals surface area contributed by atoms with Gasteiger partial charge in [0.2, 0.25) is 5.91 Å². The molecule has 38 heavy (non-hydrogen) atoms. The zero-order chi connectivity index (χ0) is 27.8. The lowest BCUT2D eigenvalue weighted by molar-refractivity contribution is -0.121. The summed E-state index contributed by atoms with van der Waals surface area (Å²) in [5.74, 6) is 0.801. The van der Waals surface area contributed by atoms with Crippen LogP contribution in [0.3, 0.4) is 0 Å². The number of carbonyl (C=O) groups excluding carboxylic acids is 1. The van der Waals surface area contributed by atoms with Gasteiger partial charge < -0.3 is 36.6 Å². The number of piperidine rings is 3. The molecule has 3 saturated heterocycles. The summed E-state index contributed by atoms with van der Waals surface area (Å²) in [5, 5.41) is 14.0. The van der Waals surface area contributed by atoms with Gasteiger partial charge in [-0.25, -0.2) is 0 Å². The first-order valence-electron chi connectivity index (χ1n) is 15.8. The molecule has 1 amide bonds. The average molecular weight is 537 g/mol. The second kappa shape index (κ2) is 14.7. The molecule has 3 unspecified atom stereocenters. The zero-order valence-electron chi connectivity index (χ0n) is 25.1. The van der Waals surface area contributed by atoms with Crippen LogP contribution in [0.1, 0.15) is 98.3 Å². The van der Waals surface area contributed by atoms with Gasteiger partial charge in [0, 0.05) is 63.3 Å². The van der Waals surface area contributed by atoms with Gasteiger partial charge in [0.15, 0.2) is 0 Å². The Morgan fingerprint density at radius 1 is 0.868 bits per heavy atom. The molecule has 3 rings (SSSR count). The van der Waals surface area contributed by atoms with Crippen molar-refractivity contribution < 1.29 is 9.90 Å². The van der Waals surface area contributed by atoms with Gasteiger partial charge in [-0.2, -0.15) is 0 Å². The number of amides is 1. The first-order chi connectivity index (χ1) is 18.1. The second-order valence-corrected chi connectivity index (χ2v) is 13.0. The van der Waals surface area contributed by atoms with Crippen molar-refractivity contribution in [2.75, 3.05) is 52.4 Å². The van der Waals surface area contributed by atoms with Crippen LogP contribution in [-0.4, -0.2) is 107 Å². The summed E-state index contributed by atoms with van der Waals surface area (Å²) in [7, 11) is 0. The van der Waals surface area contributed by atoms with E-state index in [4.69, 9.17) is 11.5 Å². The predicted molar refractivity (Wildman–Crippen MR) is 157 cm³/mol. The highest BCUT2D eigenvalue weighted by Gasteiger charge is 2.36. The quantitative estimate of drug-likeness (QED) is 0.286. The molecule has 0 aromatic rings. The summed E-state index contributed by atoms with van der Waals surface area (Å²) in [6.07, 6.45) is 12.0. The molecule has 8 heteroatoms. The third kappa shape index (κ3) is 8.87. The molecule has 222 valence electrons. The summed E-state index contributed by atoms with van der Waals surface area (Å²) in [4.78, 5) is 19.7. The van der Waals surface area contributed by atoms with Crippen LogP contribution in [-0.2, 0) is 4.79 Å². The maximum Gasteiger partial charge on any atom is 0.217 e. The number of hydrogen-bond acceptors (Lipinski definition) is 7. The molecule has 0 radical (unpaired) electrons. The SMILES string of the molecule is CCC1(NC(C)=O)CCN(C(C)CCC(CCC(C)N2CCC(CN)CC2)N2CCC(O)(CN)CC2)CC1. The molecular weight excluding hydrogens is 476 g/mol. The standard InChI is InChI=1S/C30H60N6O2/c1-5-29(33-26(4)37)12-18-35(19-13-29)25(3)7-9-28(36-20-14-30(38,23-32)15-21-36)8-6-24(2)34-16-10-27(22-31)11-17-34/h24-25,27-28,38H,5-23,31-32H2,1-4H3,(H,33,37). The molecule has 0 spiro atoms. The topological polar surface area (TPSA) is 111 Å². The highest BCUT2D eigenvalue weighted by atomic mass is 16.3. The molecular formula is C30H60N6O2. The van der Waals surface area contributed by atoms with Crippen LogP contribution < -0.4 is 16.8 Å². The van der Waals surface area contributed by atoms with Crippen molar-refractivity contribution in [1.82, 2.24) is 20.0 Å². The number of nitrogens with one attached hydrogen (secondary N) is 1. The Labute approximate surface area is 233 Å². The van der Waals surface area contributed by atoms with E-state index in [1.165, 1.54) is 51.6 Å². The fourth-order valence-corrected chi connectivity index (χ4v) is 7.21. The lowest BCUT2D eigenvalue weighted by atomic mass is 9.84. The number of aliphatic hydroxyl groups is 1. The molecule has 8 nitrogen and oxygen atoms in total. The summed E-state index contributed by atoms with van der Waals surface area (Å²) in [6.45, 7) is 16.2. The highest BCUT2D eigenvalue weighted by Crippen LogP contribution is 2.30. The number of hydrogen-bond donors (Lipinski definition) is 4. The molecule has 3 fully saturated rings. The van der Waals surface area contributed by atoms with Gasteiger partial charge in [0.1, 0.15) is 0 Å². The van der Waals surface area contributed by atoms with Crippen molar-refractivity contribution in [1.29, 1.82) is 0 Å². The first-order valence-corrected chi connectivity index (χ1v) is 15.8. The van der Waals surface area contributed by atoms with E-state index in [9.17, 15) is 9.90 Å². The maximum atomic E-state index is 11.8. The number of carbonyl (C=O) groups is 1. The molecule has 0 aromatic carbocycles. The molecule has 3 heterocycles. The minimum Gasteiger partial charge on any atom is -0.388 e. The fourth-order valence-electron chi connectivity index (χ4n) is 7.21. The molecule has 6 N–H and O–H groups in total. The average Bonchev–Trinajstić information content (AvgIpc) is 2.93. The highest BCUT2D eigenvalue weighted by molar-refractivity contribution is 5.73. The smallest absolute Gasteiger partial charge is 0.217 e. The summed E-state index contributed by atoms with van der Waals surface area (Å²) in [6, 6.07) is 1.71. The van der Waals surface area contributed by atoms with Crippen molar-refractivity contribution >= 4 is 5.91 Å². The van der Waals surface area contributed by atoms with E-state index in [1.54, 1.807) is 6.92 Å². The summed E-state index contributed by atoms with van der Waals surface area (Å²) >= 11 is 0. The molecule has 3 atom stereocenters. The largest absolute Gasteiger partial charge is 0.388 e. The van der Waals surface area contributed by atoms with E-state index in [2.05, 4.69) is 40.8 Å². The predicted octanol–water partition coefficient (Wildman–Crippen LogP) is 2.53. The van der Waals surface area contributed by atoms with E-state index >= 15 is 0 Å². The van der Waals surface area contributed by atoms with E-state index in [0.29, 0.717) is 30.6 Å². The Morgan fingerprint density at radius 2 is 1.37 bits per heavy atom. The Morgan fingerprint density at radius 3 is 1.82 bits per heavy atom. The lowest BCUT2D eigenvalue weighted by Crippen LogP contribution is -2.56. The first kappa shape index (κ1) is 31.8. The molecule has 0 saturated carbocycles. The monoisotopic (exact) mass is 536 g/mol. The van der Waals surface area contributed by atoms with E-state index in [-0.39, 0.29) is 11.4 Å². The van der Waals surface area contributed by atoms with Crippen LogP contribution in [0, 0.1) is 5.92 Å². The van der Waals surface area contributed by atoms with Crippen LogP contribution in [0.4, 0.5) is 0 Å². The third-order valence-corrected chi connectivity index (χ3v) is 10.6. The second-order valence-electron chi connectivity index (χ2n) is 13.0. The molecule has 0 aromatic heterocycles. The van der Waals surface area contributed by atoms with Gasteiger partial charge in [0.25, 0.3) is 0 Å². The van der Waals surface area contributed by atoms with Crippen molar-refractivity contribution in [3.05, 3.63) is 0 Å². The van der Waals surface area contributed by atoms with Gasteiger partial charge >= 0.3 is 0 Å². The van der Waals surface area contributed by atoms with Gasteiger partial charge in [-0.1, -0.05) is 6.92 Å². The van der Waals surface area contributed by atoms with Gasteiger partial charge in [-0.05, 0) is 110 Å². The van der Waals surface area contributed by atoms with Gasteiger partial charge in [0.05, 0.1) is 5.60 Å². The fraction of sp³-hybridized carbons (Fsp3) is 0.967. The van der Waals surface area contributed by atoms with Crippen molar-refractivity contribution in [2.45, 2.75) is 128 Å². The normalized spacial score (nSPS) is 26.1. The number of nitrogens with two attached hydrogens (primary N) is 2. The minimum absolute atomic E-state index is 0.0209. The number of likely N-dealkylation sites (tertiary alicyclic amines) is 3. The van der Waals surface area contributed by atoms with Gasteiger partial charge in [-0.3, -0.25) is 4.79 Å². The summed E-state index contributed by atoms with van der Waals surface area (Å²) in [5.41, 5.74) is 11.1. The summed E-state index contributed by atoms with van der Waals surface area (Å²) < 4.78 is 0. The van der Waals surface area contributed by atoms with Crippen LogP contribution in [0.5, 0.6) is 0 Å². The maximum absolute atomic E-state index is 11.8. The molecule has 0 bridgehead atoms. The van der Waals surface area contributed by atoms with E-state index in [0.717, 1.165) is 64.8 Å². The Balaban J connectivity index is 1.53. The Bertz CT molecular complexity index is 697. The van der Waals surface area contributed by atoms with Gasteiger partial charge in [-0.15, -0.1) is 0 Å². The molecule has 3 aliphatic rings. The Kier molecular flexibility index (Phi) is 12.3. The third-order valence-electron chi connectivity index (χ3n) is 10.6. The Hall–Kier alpha value is -0.770. The van der Waals surface area contributed by atoms with Crippen LogP contribution in [0.25, 0.3) is 0 Å². The zero-order valence-corrected chi connectivity index (χ0v) is 25.1. The molecule has 3 aliphatic heterocycles. The minimum atomic E-state index is -0.678.